The lowest BCUT2D eigenvalue weighted by Crippen LogP contribution is -2.46. The second kappa shape index (κ2) is 5.75. The first-order valence-corrected chi connectivity index (χ1v) is 5.72. The number of pyridine rings is 1. The first-order chi connectivity index (χ1) is 8.25. The molecule has 1 aromatic rings. The Morgan fingerprint density at radius 1 is 1.59 bits per heavy atom. The van der Waals surface area contributed by atoms with E-state index in [0.717, 1.165) is 25.2 Å². The third kappa shape index (κ3) is 3.51. The highest BCUT2D eigenvalue weighted by Crippen LogP contribution is 2.06. The van der Waals surface area contributed by atoms with Gasteiger partial charge in [0.05, 0.1) is 6.61 Å². The lowest BCUT2D eigenvalue weighted by molar-refractivity contribution is -0.155. The molecule has 1 aromatic heterocycles. The highest BCUT2D eigenvalue weighted by atomic mass is 16.5. The maximum atomic E-state index is 10.8. The Hall–Kier alpha value is -1.46. The predicted molar refractivity (Wildman–Crippen MR) is 61.8 cm³/mol. The number of ether oxygens (including phenoxy) is 1. The van der Waals surface area contributed by atoms with Gasteiger partial charge in [-0.2, -0.15) is 0 Å². The fourth-order valence-corrected chi connectivity index (χ4v) is 1.87. The number of aromatic nitrogens is 1. The molecular formula is C12H16N2O3. The van der Waals surface area contributed by atoms with Crippen LogP contribution in [-0.2, 0) is 16.0 Å². The standard InChI is InChI=1S/C12H16N2O3/c15-12(16)11-9-14(7-8-17-11)6-4-10-3-1-2-5-13-10/h1-3,5,11H,4,6-9H2,(H,15,16). The van der Waals surface area contributed by atoms with Gasteiger partial charge in [0.1, 0.15) is 0 Å². The molecule has 1 aliphatic rings. The maximum absolute atomic E-state index is 10.8. The number of carbonyl (C=O) groups is 1. The second-order valence-electron chi connectivity index (χ2n) is 4.07. The lowest BCUT2D eigenvalue weighted by Gasteiger charge is -2.30. The van der Waals surface area contributed by atoms with Crippen LogP contribution in [0.5, 0.6) is 0 Å². The Labute approximate surface area is 100 Å². The minimum Gasteiger partial charge on any atom is -0.479 e. The SMILES string of the molecule is O=C(O)C1CN(CCc2ccccn2)CCO1. The van der Waals surface area contributed by atoms with Crippen LogP contribution in [0.2, 0.25) is 0 Å². The summed E-state index contributed by atoms with van der Waals surface area (Å²) in [5, 5.41) is 8.88. The van der Waals surface area contributed by atoms with E-state index in [9.17, 15) is 4.79 Å². The molecule has 1 fully saturated rings. The Balaban J connectivity index is 1.81. The van der Waals surface area contributed by atoms with Gasteiger partial charge in [0.15, 0.2) is 6.10 Å². The molecule has 0 aliphatic carbocycles. The van der Waals surface area contributed by atoms with Crippen LogP contribution in [0.3, 0.4) is 0 Å². The van der Waals surface area contributed by atoms with Crippen LogP contribution >= 0.6 is 0 Å². The van der Waals surface area contributed by atoms with Crippen LogP contribution in [0.4, 0.5) is 0 Å². The fraction of sp³-hybridized carbons (Fsp3) is 0.500. The van der Waals surface area contributed by atoms with Gasteiger partial charge in [0.25, 0.3) is 0 Å². The zero-order chi connectivity index (χ0) is 12.1. The van der Waals surface area contributed by atoms with Crippen LogP contribution in [0.25, 0.3) is 0 Å². The van der Waals surface area contributed by atoms with Gasteiger partial charge < -0.3 is 9.84 Å². The molecule has 2 rings (SSSR count). The normalized spacial score (nSPS) is 21.3. The number of hydrogen-bond donors (Lipinski definition) is 1. The summed E-state index contributed by atoms with van der Waals surface area (Å²) < 4.78 is 5.16. The van der Waals surface area contributed by atoms with Crippen molar-refractivity contribution in [2.45, 2.75) is 12.5 Å². The zero-order valence-electron chi connectivity index (χ0n) is 9.58. The molecule has 1 aliphatic heterocycles. The summed E-state index contributed by atoms with van der Waals surface area (Å²) in [6.45, 7) is 2.56. The van der Waals surface area contributed by atoms with Gasteiger partial charge in [-0.15, -0.1) is 0 Å². The van der Waals surface area contributed by atoms with Crippen molar-refractivity contribution in [3.05, 3.63) is 30.1 Å². The van der Waals surface area contributed by atoms with Crippen LogP contribution in [-0.4, -0.2) is 53.3 Å². The number of rotatable bonds is 4. The van der Waals surface area contributed by atoms with Crippen molar-refractivity contribution in [1.82, 2.24) is 9.88 Å². The van der Waals surface area contributed by atoms with Crippen LogP contribution in [0, 0.1) is 0 Å². The highest BCUT2D eigenvalue weighted by Gasteiger charge is 2.25. The Kier molecular flexibility index (Phi) is 4.06. The molecule has 5 heteroatoms. The van der Waals surface area contributed by atoms with E-state index in [1.54, 1.807) is 6.20 Å². The summed E-state index contributed by atoms with van der Waals surface area (Å²) in [5.41, 5.74) is 1.03. The summed E-state index contributed by atoms with van der Waals surface area (Å²) in [6, 6.07) is 5.83. The quantitative estimate of drug-likeness (QED) is 0.820. The molecule has 1 saturated heterocycles. The van der Waals surface area contributed by atoms with Crippen molar-refractivity contribution in [1.29, 1.82) is 0 Å². The smallest absolute Gasteiger partial charge is 0.334 e. The molecule has 1 N–H and O–H groups in total. The molecular weight excluding hydrogens is 220 g/mol. The first-order valence-electron chi connectivity index (χ1n) is 5.72. The van der Waals surface area contributed by atoms with Crippen LogP contribution in [0.1, 0.15) is 5.69 Å². The molecule has 0 amide bonds. The van der Waals surface area contributed by atoms with E-state index < -0.39 is 12.1 Å². The molecule has 0 radical (unpaired) electrons. The summed E-state index contributed by atoms with van der Waals surface area (Å²) >= 11 is 0. The monoisotopic (exact) mass is 236 g/mol. The number of aliphatic carboxylic acids is 1. The van der Waals surface area contributed by atoms with Crippen molar-refractivity contribution in [3.8, 4) is 0 Å². The van der Waals surface area contributed by atoms with E-state index in [0.29, 0.717) is 13.2 Å². The van der Waals surface area contributed by atoms with E-state index in [-0.39, 0.29) is 0 Å². The molecule has 0 saturated carbocycles. The molecule has 17 heavy (non-hydrogen) atoms. The van der Waals surface area contributed by atoms with Crippen LogP contribution in [0.15, 0.2) is 24.4 Å². The van der Waals surface area contributed by atoms with E-state index >= 15 is 0 Å². The van der Waals surface area contributed by atoms with Gasteiger partial charge in [-0.05, 0) is 12.1 Å². The van der Waals surface area contributed by atoms with E-state index in [1.807, 2.05) is 18.2 Å². The average Bonchev–Trinajstić information content (AvgIpc) is 2.38. The summed E-state index contributed by atoms with van der Waals surface area (Å²) in [4.78, 5) is 17.2. The van der Waals surface area contributed by atoms with Crippen molar-refractivity contribution >= 4 is 5.97 Å². The van der Waals surface area contributed by atoms with E-state index in [4.69, 9.17) is 9.84 Å². The van der Waals surface area contributed by atoms with Gasteiger partial charge in [0.2, 0.25) is 0 Å². The molecule has 0 bridgehead atoms. The molecule has 1 atom stereocenters. The number of morpholine rings is 1. The van der Waals surface area contributed by atoms with Crippen molar-refractivity contribution < 1.29 is 14.6 Å². The Morgan fingerprint density at radius 3 is 3.18 bits per heavy atom. The predicted octanol–water partition coefficient (Wildman–Crippen LogP) is 0.409. The third-order valence-electron chi connectivity index (χ3n) is 2.84. The minimum atomic E-state index is -0.882. The maximum Gasteiger partial charge on any atom is 0.334 e. The fourth-order valence-electron chi connectivity index (χ4n) is 1.87. The van der Waals surface area contributed by atoms with Crippen molar-refractivity contribution in [2.75, 3.05) is 26.2 Å². The second-order valence-corrected chi connectivity index (χ2v) is 4.07. The number of nitrogens with zero attached hydrogens (tertiary/aromatic N) is 2. The highest BCUT2D eigenvalue weighted by molar-refractivity contribution is 5.72. The summed E-state index contributed by atoms with van der Waals surface area (Å²) in [7, 11) is 0. The number of carboxylic acid groups (broad SMARTS) is 1. The third-order valence-corrected chi connectivity index (χ3v) is 2.84. The molecule has 0 aromatic carbocycles. The molecule has 1 unspecified atom stereocenters. The Morgan fingerprint density at radius 2 is 2.47 bits per heavy atom. The van der Waals surface area contributed by atoms with Gasteiger partial charge in [-0.3, -0.25) is 9.88 Å². The van der Waals surface area contributed by atoms with E-state index in [1.165, 1.54) is 0 Å². The number of carboxylic acids is 1. The van der Waals surface area contributed by atoms with E-state index in [2.05, 4.69) is 9.88 Å². The molecule has 0 spiro atoms. The first kappa shape index (κ1) is 12.0. The van der Waals surface area contributed by atoms with Gasteiger partial charge in [-0.25, -0.2) is 4.79 Å². The van der Waals surface area contributed by atoms with Gasteiger partial charge in [0, 0.05) is 37.9 Å². The van der Waals surface area contributed by atoms with Crippen molar-refractivity contribution in [3.63, 3.8) is 0 Å². The minimum absolute atomic E-state index is 0.460. The zero-order valence-corrected chi connectivity index (χ0v) is 9.58. The number of hydrogen-bond acceptors (Lipinski definition) is 4. The molecule has 2 heterocycles. The topological polar surface area (TPSA) is 62.7 Å². The van der Waals surface area contributed by atoms with Crippen molar-refractivity contribution in [2.24, 2.45) is 0 Å². The summed E-state index contributed by atoms with van der Waals surface area (Å²) in [5.74, 6) is -0.882. The largest absolute Gasteiger partial charge is 0.479 e. The average molecular weight is 236 g/mol. The lowest BCUT2D eigenvalue weighted by atomic mass is 10.2. The van der Waals surface area contributed by atoms with Crippen LogP contribution < -0.4 is 0 Å². The molecule has 5 nitrogen and oxygen atoms in total. The molecule has 92 valence electrons. The van der Waals surface area contributed by atoms with Gasteiger partial charge in [-0.1, -0.05) is 6.07 Å². The Bertz CT molecular complexity index is 369. The van der Waals surface area contributed by atoms with Gasteiger partial charge >= 0.3 is 5.97 Å². The summed E-state index contributed by atoms with van der Waals surface area (Å²) in [6.07, 6.45) is 1.93.